The van der Waals surface area contributed by atoms with Gasteiger partial charge in [-0.25, -0.2) is 28.4 Å². The zero-order valence-electron chi connectivity index (χ0n) is 27.0. The predicted octanol–water partition coefficient (Wildman–Crippen LogP) is 5.27. The number of morpholine rings is 1. The fraction of sp³-hybridized carbons (Fsp3) is 0.531. The van der Waals surface area contributed by atoms with Crippen LogP contribution in [0, 0.1) is 0 Å². The number of hydrogen-bond donors (Lipinski definition) is 1. The SMILES string of the molecule is COCC(F)(F)COc1nn([C@H]2CC[C@H](N3CCOCC3)CC2)cc1Nc1ncc(-c2ccc(Cl)c(O[C@@H](C)Cn3cncn3)c2)cn1. The molecule has 16 heteroatoms. The van der Waals surface area contributed by atoms with E-state index in [4.69, 9.17) is 25.8 Å². The number of ether oxygens (including phenoxy) is 4. The summed E-state index contributed by atoms with van der Waals surface area (Å²) in [5.41, 5.74) is 1.93. The molecule has 4 aromatic rings. The van der Waals surface area contributed by atoms with Crippen LogP contribution in [0.4, 0.5) is 20.4 Å². The summed E-state index contributed by atoms with van der Waals surface area (Å²) in [5, 5.41) is 12.3. The summed E-state index contributed by atoms with van der Waals surface area (Å²) in [6.45, 7) is 4.23. The van der Waals surface area contributed by atoms with Crippen molar-refractivity contribution in [2.45, 2.75) is 63.3 Å². The summed E-state index contributed by atoms with van der Waals surface area (Å²) in [6, 6.07) is 6.07. The van der Waals surface area contributed by atoms with E-state index in [1.165, 1.54) is 13.4 Å². The van der Waals surface area contributed by atoms with E-state index in [9.17, 15) is 8.78 Å². The van der Waals surface area contributed by atoms with E-state index in [0.717, 1.165) is 63.1 Å². The highest BCUT2D eigenvalue weighted by atomic mass is 35.5. The number of nitrogens with zero attached hydrogens (tertiary/aromatic N) is 8. The molecule has 0 amide bonds. The molecule has 1 saturated heterocycles. The first kappa shape index (κ1) is 34.0. The molecule has 1 atom stereocenters. The second kappa shape index (κ2) is 15.5. The van der Waals surface area contributed by atoms with Gasteiger partial charge in [-0.15, -0.1) is 5.10 Å². The molecule has 0 bridgehead atoms. The van der Waals surface area contributed by atoms with E-state index in [-0.39, 0.29) is 24.0 Å². The molecule has 6 rings (SSSR count). The van der Waals surface area contributed by atoms with E-state index >= 15 is 0 Å². The molecule has 0 unspecified atom stereocenters. The third-order valence-electron chi connectivity index (χ3n) is 8.48. The van der Waals surface area contributed by atoms with Gasteiger partial charge in [-0.05, 0) is 50.3 Å². The van der Waals surface area contributed by atoms with Crippen LogP contribution in [-0.2, 0) is 16.0 Å². The Bertz CT molecular complexity index is 1600. The number of methoxy groups -OCH3 is 1. The standard InChI is InChI=1S/C32H40ClF2N9O4/c1-22(16-43-21-36-20-39-43)48-29-13-23(3-8-27(29)33)24-14-37-31(38-15-24)40-28-17-44(41-30(28)47-19-32(34,35)18-45-2)26-6-4-25(5-7-26)42-9-11-46-12-10-42/h3,8,13-15,17,20-22,25-26H,4-7,9-12,16,18-19H2,1-2H3,(H,37,38,40)/t22-,25-,26-/m0/s1. The van der Waals surface area contributed by atoms with Gasteiger partial charge in [0, 0.05) is 44.2 Å². The molecule has 1 aliphatic carbocycles. The Labute approximate surface area is 282 Å². The van der Waals surface area contributed by atoms with E-state index < -0.39 is 19.1 Å². The van der Waals surface area contributed by atoms with Gasteiger partial charge in [0.25, 0.3) is 5.88 Å². The molecule has 48 heavy (non-hydrogen) atoms. The van der Waals surface area contributed by atoms with Crippen LogP contribution in [0.1, 0.15) is 38.6 Å². The van der Waals surface area contributed by atoms with Gasteiger partial charge in [-0.3, -0.25) is 9.58 Å². The van der Waals surface area contributed by atoms with Crippen molar-refractivity contribution in [3.63, 3.8) is 0 Å². The van der Waals surface area contributed by atoms with Crippen LogP contribution in [0.3, 0.4) is 0 Å². The molecule has 1 aromatic carbocycles. The molecule has 258 valence electrons. The van der Waals surface area contributed by atoms with E-state index in [0.29, 0.717) is 29.0 Å². The van der Waals surface area contributed by atoms with Crippen LogP contribution < -0.4 is 14.8 Å². The van der Waals surface area contributed by atoms with Gasteiger partial charge in [-0.2, -0.15) is 5.10 Å². The Morgan fingerprint density at radius 1 is 1.06 bits per heavy atom. The Balaban J connectivity index is 1.14. The Morgan fingerprint density at radius 3 is 2.52 bits per heavy atom. The zero-order valence-corrected chi connectivity index (χ0v) is 27.7. The highest BCUT2D eigenvalue weighted by molar-refractivity contribution is 6.32. The summed E-state index contributed by atoms with van der Waals surface area (Å²) >= 11 is 6.43. The number of nitrogens with one attached hydrogen (secondary N) is 1. The topological polar surface area (TPSA) is 127 Å². The molecule has 1 N–H and O–H groups in total. The number of hydrogen-bond acceptors (Lipinski definition) is 11. The number of alkyl halides is 2. The summed E-state index contributed by atoms with van der Waals surface area (Å²) < 4.78 is 53.9. The minimum absolute atomic E-state index is 0.0493. The average Bonchev–Trinajstić information content (AvgIpc) is 3.76. The van der Waals surface area contributed by atoms with Gasteiger partial charge < -0.3 is 24.3 Å². The lowest BCUT2D eigenvalue weighted by Crippen LogP contribution is -2.45. The lowest BCUT2D eigenvalue weighted by Gasteiger charge is -2.38. The molecule has 0 spiro atoms. The van der Waals surface area contributed by atoms with Crippen molar-refractivity contribution >= 4 is 23.2 Å². The number of benzene rings is 1. The monoisotopic (exact) mass is 687 g/mol. The summed E-state index contributed by atoms with van der Waals surface area (Å²) in [6.07, 6.45) is 11.9. The van der Waals surface area contributed by atoms with Crippen molar-refractivity contribution in [2.75, 3.05) is 51.9 Å². The van der Waals surface area contributed by atoms with Gasteiger partial charge in [0.1, 0.15) is 36.8 Å². The lowest BCUT2D eigenvalue weighted by atomic mass is 9.90. The summed E-state index contributed by atoms with van der Waals surface area (Å²) in [7, 11) is 1.23. The normalized spacial score (nSPS) is 19.6. The minimum Gasteiger partial charge on any atom is -0.487 e. The van der Waals surface area contributed by atoms with E-state index in [1.807, 2.05) is 23.7 Å². The van der Waals surface area contributed by atoms with Crippen LogP contribution in [0.5, 0.6) is 11.6 Å². The third kappa shape index (κ3) is 8.75. The van der Waals surface area contributed by atoms with E-state index in [2.05, 4.69) is 40.1 Å². The molecular weight excluding hydrogens is 648 g/mol. The summed E-state index contributed by atoms with van der Waals surface area (Å²) in [5.74, 6) is -2.36. The van der Waals surface area contributed by atoms with Crippen LogP contribution in [0.2, 0.25) is 5.02 Å². The molecule has 0 radical (unpaired) electrons. The number of aromatic nitrogens is 7. The first-order valence-electron chi connectivity index (χ1n) is 16.0. The van der Waals surface area contributed by atoms with Crippen molar-refractivity contribution in [3.8, 4) is 22.8 Å². The third-order valence-corrected chi connectivity index (χ3v) is 8.79. The molecule has 1 aliphatic heterocycles. The van der Waals surface area contributed by atoms with Crippen molar-refractivity contribution in [2.24, 2.45) is 0 Å². The van der Waals surface area contributed by atoms with Crippen LogP contribution >= 0.6 is 11.6 Å². The molecule has 4 heterocycles. The van der Waals surface area contributed by atoms with Crippen LogP contribution in [0.25, 0.3) is 11.1 Å². The predicted molar refractivity (Wildman–Crippen MR) is 174 cm³/mol. The minimum atomic E-state index is -3.18. The second-order valence-corrected chi connectivity index (χ2v) is 12.5. The lowest BCUT2D eigenvalue weighted by molar-refractivity contribution is -0.0917. The molecule has 2 aliphatic rings. The Hall–Kier alpha value is -3.92. The highest BCUT2D eigenvalue weighted by Crippen LogP contribution is 2.36. The highest BCUT2D eigenvalue weighted by Gasteiger charge is 2.32. The maximum atomic E-state index is 14.3. The molecule has 3 aromatic heterocycles. The summed E-state index contributed by atoms with van der Waals surface area (Å²) in [4.78, 5) is 15.4. The first-order valence-corrected chi connectivity index (χ1v) is 16.4. The molecular formula is C32H40ClF2N9O4. The molecule has 13 nitrogen and oxygen atoms in total. The van der Waals surface area contributed by atoms with Crippen LogP contribution in [-0.4, -0.2) is 104 Å². The average molecular weight is 688 g/mol. The van der Waals surface area contributed by atoms with Crippen molar-refractivity contribution < 1.29 is 27.7 Å². The van der Waals surface area contributed by atoms with Crippen molar-refractivity contribution in [1.82, 2.24) is 39.4 Å². The second-order valence-electron chi connectivity index (χ2n) is 12.1. The van der Waals surface area contributed by atoms with E-state index in [1.54, 1.807) is 35.7 Å². The Morgan fingerprint density at radius 2 is 1.81 bits per heavy atom. The van der Waals surface area contributed by atoms with Crippen molar-refractivity contribution in [1.29, 1.82) is 0 Å². The number of rotatable bonds is 14. The largest absolute Gasteiger partial charge is 0.487 e. The van der Waals surface area contributed by atoms with Gasteiger partial charge in [0.15, 0.2) is 6.61 Å². The first-order chi connectivity index (χ1) is 23.3. The number of anilines is 2. The zero-order chi connectivity index (χ0) is 33.5. The van der Waals surface area contributed by atoms with Gasteiger partial charge >= 0.3 is 5.92 Å². The molecule has 2 fully saturated rings. The maximum Gasteiger partial charge on any atom is 0.304 e. The van der Waals surface area contributed by atoms with Gasteiger partial charge in [0.2, 0.25) is 5.95 Å². The molecule has 1 saturated carbocycles. The maximum absolute atomic E-state index is 14.3. The fourth-order valence-corrected chi connectivity index (χ4v) is 6.25. The quantitative estimate of drug-likeness (QED) is 0.186. The Kier molecular flexibility index (Phi) is 11.0. The fourth-order valence-electron chi connectivity index (χ4n) is 6.09. The smallest absolute Gasteiger partial charge is 0.304 e. The number of halogens is 3. The van der Waals surface area contributed by atoms with Crippen LogP contribution in [0.15, 0.2) is 49.4 Å². The van der Waals surface area contributed by atoms with Gasteiger partial charge in [0.05, 0.1) is 37.0 Å². The van der Waals surface area contributed by atoms with Crippen molar-refractivity contribution in [3.05, 3.63) is 54.5 Å². The van der Waals surface area contributed by atoms with Gasteiger partial charge in [-0.1, -0.05) is 17.7 Å².